The molecule has 4 heterocycles. The lowest BCUT2D eigenvalue weighted by molar-refractivity contribution is -0.0632. The number of anilines is 1. The number of carbonyl (C=O) groups excluding carboxylic acids is 1. The molecule has 2 aliphatic rings. The molecule has 3 aromatic rings. The molecular formula is C28H34F2N6O2. The highest BCUT2D eigenvalue weighted by Gasteiger charge is 2.37. The van der Waals surface area contributed by atoms with Gasteiger partial charge in [-0.1, -0.05) is 19.9 Å². The molecule has 202 valence electrons. The van der Waals surface area contributed by atoms with E-state index in [1.807, 2.05) is 43.0 Å². The van der Waals surface area contributed by atoms with Crippen LogP contribution in [-0.2, 0) is 4.74 Å². The van der Waals surface area contributed by atoms with Crippen LogP contribution in [-0.4, -0.2) is 77.6 Å². The first kappa shape index (κ1) is 26.4. The van der Waals surface area contributed by atoms with E-state index >= 15 is 0 Å². The third-order valence-electron chi connectivity index (χ3n) is 7.32. The average Bonchev–Trinajstić information content (AvgIpc) is 2.93. The van der Waals surface area contributed by atoms with Gasteiger partial charge in [0.2, 0.25) is 0 Å². The lowest BCUT2D eigenvalue weighted by Crippen LogP contribution is -2.45. The number of nitrogens with zero attached hydrogens (tertiary/aromatic N) is 5. The van der Waals surface area contributed by atoms with E-state index in [1.54, 1.807) is 18.5 Å². The molecule has 2 aliphatic heterocycles. The van der Waals surface area contributed by atoms with Gasteiger partial charge in [0, 0.05) is 80.4 Å². The van der Waals surface area contributed by atoms with Crippen LogP contribution in [0.4, 0.5) is 14.6 Å². The summed E-state index contributed by atoms with van der Waals surface area (Å²) in [5, 5.41) is 3.81. The molecule has 1 unspecified atom stereocenters. The van der Waals surface area contributed by atoms with Gasteiger partial charge >= 0.3 is 0 Å². The minimum absolute atomic E-state index is 0.180. The quantitative estimate of drug-likeness (QED) is 0.496. The molecule has 8 nitrogen and oxygen atoms in total. The fraction of sp³-hybridized carbons (Fsp3) is 0.500. The molecule has 5 rings (SSSR count). The van der Waals surface area contributed by atoms with Gasteiger partial charge in [0.15, 0.2) is 0 Å². The standard InChI is InChI=1S/C28H34F2N6O2/c1-19(2)26-31-16-20(17-32-26)24(35-10-8-28(29,30)9-11-35)18-33-27(37)22-4-3-5-23-21(22)6-7-25(34-23)36-12-14-38-15-13-36/h3-7,16-17,19,24H,8-15,18H2,1-2H3,(H,33,37). The van der Waals surface area contributed by atoms with Gasteiger partial charge in [0.05, 0.1) is 24.8 Å². The smallest absolute Gasteiger partial charge is 0.252 e. The highest BCUT2D eigenvalue weighted by molar-refractivity contribution is 6.06. The Kier molecular flexibility index (Phi) is 7.80. The van der Waals surface area contributed by atoms with Crippen LogP contribution in [0.3, 0.4) is 0 Å². The van der Waals surface area contributed by atoms with Crippen molar-refractivity contribution < 1.29 is 18.3 Å². The van der Waals surface area contributed by atoms with Gasteiger partial charge < -0.3 is 15.0 Å². The number of alkyl halides is 2. The van der Waals surface area contributed by atoms with Gasteiger partial charge in [-0.25, -0.2) is 23.7 Å². The number of rotatable bonds is 7. The molecule has 38 heavy (non-hydrogen) atoms. The Bertz CT molecular complexity index is 1250. The molecule has 1 N–H and O–H groups in total. The Hall–Kier alpha value is -3.24. The van der Waals surface area contributed by atoms with Crippen LogP contribution < -0.4 is 10.2 Å². The largest absolute Gasteiger partial charge is 0.378 e. The summed E-state index contributed by atoms with van der Waals surface area (Å²) in [6.07, 6.45) is 3.09. The maximum absolute atomic E-state index is 13.9. The van der Waals surface area contributed by atoms with Crippen LogP contribution in [0.2, 0.25) is 0 Å². The van der Waals surface area contributed by atoms with E-state index in [-0.39, 0.29) is 50.3 Å². The lowest BCUT2D eigenvalue weighted by atomic mass is 10.0. The number of carbonyl (C=O) groups is 1. The number of nitrogens with one attached hydrogen (secondary N) is 1. The number of aromatic nitrogens is 3. The summed E-state index contributed by atoms with van der Waals surface area (Å²) in [7, 11) is 0. The molecular weight excluding hydrogens is 490 g/mol. The first-order valence-corrected chi connectivity index (χ1v) is 13.2. The number of hydrogen-bond donors (Lipinski definition) is 1. The van der Waals surface area contributed by atoms with E-state index in [0.29, 0.717) is 18.8 Å². The van der Waals surface area contributed by atoms with Gasteiger partial charge in [-0.05, 0) is 24.3 Å². The summed E-state index contributed by atoms with van der Waals surface area (Å²) in [5.74, 6) is -1.12. The molecule has 10 heteroatoms. The normalized spacial score (nSPS) is 19.0. The second-order valence-electron chi connectivity index (χ2n) is 10.3. The van der Waals surface area contributed by atoms with E-state index in [4.69, 9.17) is 9.72 Å². The monoisotopic (exact) mass is 524 g/mol. The topological polar surface area (TPSA) is 83.5 Å². The van der Waals surface area contributed by atoms with Crippen molar-refractivity contribution in [3.8, 4) is 0 Å². The molecule has 1 amide bonds. The van der Waals surface area contributed by atoms with Crippen LogP contribution in [0.25, 0.3) is 10.9 Å². The third kappa shape index (κ3) is 5.91. The van der Waals surface area contributed by atoms with Crippen molar-refractivity contribution in [2.24, 2.45) is 0 Å². The van der Waals surface area contributed by atoms with Crippen LogP contribution in [0.15, 0.2) is 42.7 Å². The molecule has 0 aliphatic carbocycles. The maximum atomic E-state index is 13.9. The zero-order valence-corrected chi connectivity index (χ0v) is 21.9. The summed E-state index contributed by atoms with van der Waals surface area (Å²) < 4.78 is 33.2. The zero-order chi connectivity index (χ0) is 26.7. The number of piperidine rings is 1. The fourth-order valence-electron chi connectivity index (χ4n) is 5.03. The van der Waals surface area contributed by atoms with Crippen molar-refractivity contribution in [2.75, 3.05) is 50.8 Å². The van der Waals surface area contributed by atoms with Crippen LogP contribution in [0.1, 0.15) is 60.4 Å². The Morgan fingerprint density at radius 1 is 1.05 bits per heavy atom. The molecule has 1 aromatic carbocycles. The molecule has 1 atom stereocenters. The van der Waals surface area contributed by atoms with Crippen molar-refractivity contribution in [1.82, 2.24) is 25.2 Å². The van der Waals surface area contributed by atoms with E-state index in [9.17, 15) is 13.6 Å². The molecule has 2 fully saturated rings. The highest BCUT2D eigenvalue weighted by Crippen LogP contribution is 2.32. The van der Waals surface area contributed by atoms with Gasteiger partial charge in [-0.3, -0.25) is 9.69 Å². The fourth-order valence-corrected chi connectivity index (χ4v) is 5.03. The molecule has 2 saturated heterocycles. The Balaban J connectivity index is 1.34. The van der Waals surface area contributed by atoms with Crippen molar-refractivity contribution in [3.63, 3.8) is 0 Å². The van der Waals surface area contributed by atoms with Gasteiger partial charge in [0.25, 0.3) is 11.8 Å². The number of pyridine rings is 1. The summed E-state index contributed by atoms with van der Waals surface area (Å²) in [5.41, 5.74) is 2.07. The minimum Gasteiger partial charge on any atom is -0.378 e. The number of benzene rings is 1. The van der Waals surface area contributed by atoms with Crippen molar-refractivity contribution in [3.05, 3.63) is 59.7 Å². The predicted molar refractivity (Wildman–Crippen MR) is 142 cm³/mol. The van der Waals surface area contributed by atoms with E-state index in [0.717, 1.165) is 41.2 Å². The van der Waals surface area contributed by atoms with E-state index < -0.39 is 5.92 Å². The van der Waals surface area contributed by atoms with E-state index in [2.05, 4.69) is 20.2 Å². The highest BCUT2D eigenvalue weighted by atomic mass is 19.3. The zero-order valence-electron chi connectivity index (χ0n) is 21.9. The first-order chi connectivity index (χ1) is 18.3. The summed E-state index contributed by atoms with van der Waals surface area (Å²) >= 11 is 0. The predicted octanol–water partition coefficient (Wildman–Crippen LogP) is 4.19. The van der Waals surface area contributed by atoms with Crippen molar-refractivity contribution in [1.29, 1.82) is 0 Å². The average molecular weight is 525 g/mol. The van der Waals surface area contributed by atoms with Crippen molar-refractivity contribution in [2.45, 2.75) is 44.6 Å². The van der Waals surface area contributed by atoms with Crippen LogP contribution >= 0.6 is 0 Å². The second-order valence-corrected chi connectivity index (χ2v) is 10.3. The Morgan fingerprint density at radius 2 is 1.76 bits per heavy atom. The lowest BCUT2D eigenvalue weighted by Gasteiger charge is -2.37. The minimum atomic E-state index is -2.65. The Morgan fingerprint density at radius 3 is 2.45 bits per heavy atom. The van der Waals surface area contributed by atoms with Crippen LogP contribution in [0, 0.1) is 0 Å². The number of hydrogen-bond acceptors (Lipinski definition) is 7. The summed E-state index contributed by atoms with van der Waals surface area (Å²) in [6.45, 7) is 7.67. The van der Waals surface area contributed by atoms with Gasteiger partial charge in [-0.2, -0.15) is 0 Å². The summed E-state index contributed by atoms with van der Waals surface area (Å²) in [4.78, 5) is 31.3. The summed E-state index contributed by atoms with van der Waals surface area (Å²) in [6, 6.07) is 9.08. The van der Waals surface area contributed by atoms with Crippen molar-refractivity contribution >= 4 is 22.6 Å². The second kappa shape index (κ2) is 11.2. The number of halogens is 2. The third-order valence-corrected chi connectivity index (χ3v) is 7.32. The molecule has 0 saturated carbocycles. The molecule has 0 bridgehead atoms. The van der Waals surface area contributed by atoms with E-state index in [1.165, 1.54) is 0 Å². The maximum Gasteiger partial charge on any atom is 0.252 e. The number of likely N-dealkylation sites (tertiary alicyclic amines) is 1. The SMILES string of the molecule is CC(C)c1ncc(C(CNC(=O)c2cccc3nc(N4CCOCC4)ccc23)N2CCC(F)(F)CC2)cn1. The number of morpholine rings is 1. The molecule has 0 spiro atoms. The van der Waals surface area contributed by atoms with Gasteiger partial charge in [0.1, 0.15) is 11.6 Å². The molecule has 0 radical (unpaired) electrons. The number of fused-ring (bicyclic) bond motifs is 1. The first-order valence-electron chi connectivity index (χ1n) is 13.2. The number of ether oxygens (including phenoxy) is 1. The molecule has 2 aromatic heterocycles. The number of amides is 1. The Labute approximate surface area is 221 Å². The van der Waals surface area contributed by atoms with Crippen LogP contribution in [0.5, 0.6) is 0 Å². The van der Waals surface area contributed by atoms with Gasteiger partial charge in [-0.15, -0.1) is 0 Å².